The molecule has 1 aromatic carbocycles. The summed E-state index contributed by atoms with van der Waals surface area (Å²) >= 11 is 0. The molecule has 2 N–H and O–H groups in total. The van der Waals surface area contributed by atoms with Crippen LogP contribution in [0, 0.1) is 0 Å². The number of carbonyl (C=O) groups is 2. The normalized spacial score (nSPS) is 11.7. The standard InChI is InChI=1S/C15H14N2O4/c1-10(15(20)21)17-9-5-8-12(14(17)19)16-13(18)11-6-3-2-4-7-11/h2-10H,1H3,(H,16,18)(H,20,21). The molecule has 1 atom stereocenters. The van der Waals surface area contributed by atoms with E-state index in [0.29, 0.717) is 5.56 Å². The van der Waals surface area contributed by atoms with E-state index in [-0.39, 0.29) is 5.69 Å². The molecule has 108 valence electrons. The number of hydrogen-bond donors (Lipinski definition) is 2. The summed E-state index contributed by atoms with van der Waals surface area (Å²) < 4.78 is 1.06. The van der Waals surface area contributed by atoms with E-state index in [4.69, 9.17) is 5.11 Å². The zero-order chi connectivity index (χ0) is 15.4. The highest BCUT2D eigenvalue weighted by molar-refractivity contribution is 6.04. The number of nitrogens with zero attached hydrogens (tertiary/aromatic N) is 1. The van der Waals surface area contributed by atoms with Crippen LogP contribution in [0.1, 0.15) is 23.3 Å². The molecule has 6 heteroatoms. The second-order valence-corrected chi connectivity index (χ2v) is 4.47. The summed E-state index contributed by atoms with van der Waals surface area (Å²) in [6.07, 6.45) is 1.37. The number of hydrogen-bond acceptors (Lipinski definition) is 3. The van der Waals surface area contributed by atoms with Crippen molar-refractivity contribution in [2.24, 2.45) is 0 Å². The number of pyridine rings is 1. The van der Waals surface area contributed by atoms with Crippen LogP contribution in [0.3, 0.4) is 0 Å². The number of carboxylic acid groups (broad SMARTS) is 1. The summed E-state index contributed by atoms with van der Waals surface area (Å²) in [7, 11) is 0. The summed E-state index contributed by atoms with van der Waals surface area (Å²) in [5.74, 6) is -1.54. The van der Waals surface area contributed by atoms with E-state index >= 15 is 0 Å². The Balaban J connectivity index is 2.30. The number of aromatic nitrogens is 1. The Hall–Kier alpha value is -2.89. The molecule has 21 heavy (non-hydrogen) atoms. The zero-order valence-electron chi connectivity index (χ0n) is 11.3. The number of aliphatic carboxylic acids is 1. The number of carboxylic acids is 1. The highest BCUT2D eigenvalue weighted by atomic mass is 16.4. The molecule has 2 rings (SSSR count). The van der Waals surface area contributed by atoms with Gasteiger partial charge in [-0.05, 0) is 31.2 Å². The molecule has 0 spiro atoms. The van der Waals surface area contributed by atoms with Crippen molar-refractivity contribution in [3.8, 4) is 0 Å². The van der Waals surface area contributed by atoms with Crippen LogP contribution in [0.2, 0.25) is 0 Å². The quantitative estimate of drug-likeness (QED) is 0.896. The highest BCUT2D eigenvalue weighted by Crippen LogP contribution is 2.08. The smallest absolute Gasteiger partial charge is 0.326 e. The molecular weight excluding hydrogens is 272 g/mol. The van der Waals surface area contributed by atoms with E-state index < -0.39 is 23.5 Å². The van der Waals surface area contributed by atoms with Crippen molar-refractivity contribution >= 4 is 17.6 Å². The molecule has 0 fully saturated rings. The summed E-state index contributed by atoms with van der Waals surface area (Å²) in [6, 6.07) is 10.4. The fourth-order valence-corrected chi connectivity index (χ4v) is 1.81. The lowest BCUT2D eigenvalue weighted by atomic mass is 10.2. The van der Waals surface area contributed by atoms with Crippen LogP contribution < -0.4 is 10.9 Å². The minimum absolute atomic E-state index is 0.0412. The fourth-order valence-electron chi connectivity index (χ4n) is 1.81. The van der Waals surface area contributed by atoms with Gasteiger partial charge in [0.05, 0.1) is 0 Å². The van der Waals surface area contributed by atoms with E-state index in [1.54, 1.807) is 30.3 Å². The molecule has 0 radical (unpaired) electrons. The van der Waals surface area contributed by atoms with Gasteiger partial charge in [0.25, 0.3) is 11.5 Å². The van der Waals surface area contributed by atoms with E-state index in [9.17, 15) is 14.4 Å². The van der Waals surface area contributed by atoms with Gasteiger partial charge in [-0.25, -0.2) is 4.79 Å². The lowest BCUT2D eigenvalue weighted by Gasteiger charge is -2.12. The number of rotatable bonds is 4. The monoisotopic (exact) mass is 286 g/mol. The first kappa shape index (κ1) is 14.5. The Morgan fingerprint density at radius 2 is 1.81 bits per heavy atom. The van der Waals surface area contributed by atoms with Crippen molar-refractivity contribution in [2.75, 3.05) is 5.32 Å². The minimum atomic E-state index is -1.12. The maximum atomic E-state index is 12.2. The molecular formula is C15H14N2O4. The first-order valence-electron chi connectivity index (χ1n) is 6.31. The average Bonchev–Trinajstić information content (AvgIpc) is 2.49. The van der Waals surface area contributed by atoms with Crippen LogP contribution in [-0.4, -0.2) is 21.6 Å². The number of amides is 1. The number of carbonyl (C=O) groups excluding carboxylic acids is 1. The van der Waals surface area contributed by atoms with Crippen LogP contribution in [0.4, 0.5) is 5.69 Å². The Kier molecular flexibility index (Phi) is 4.18. The van der Waals surface area contributed by atoms with Crippen molar-refractivity contribution in [1.82, 2.24) is 4.57 Å². The van der Waals surface area contributed by atoms with Gasteiger partial charge < -0.3 is 10.4 Å². The Morgan fingerprint density at radius 3 is 2.43 bits per heavy atom. The van der Waals surface area contributed by atoms with Gasteiger partial charge >= 0.3 is 5.97 Å². The van der Waals surface area contributed by atoms with E-state index in [2.05, 4.69) is 5.32 Å². The van der Waals surface area contributed by atoms with Gasteiger partial charge in [0.2, 0.25) is 0 Å². The largest absolute Gasteiger partial charge is 0.480 e. The zero-order valence-corrected chi connectivity index (χ0v) is 11.3. The Morgan fingerprint density at radius 1 is 1.14 bits per heavy atom. The highest BCUT2D eigenvalue weighted by Gasteiger charge is 2.16. The van der Waals surface area contributed by atoms with Crippen molar-refractivity contribution in [3.63, 3.8) is 0 Å². The van der Waals surface area contributed by atoms with Crippen molar-refractivity contribution in [2.45, 2.75) is 13.0 Å². The van der Waals surface area contributed by atoms with E-state index in [0.717, 1.165) is 4.57 Å². The Labute approximate surface area is 120 Å². The number of anilines is 1. The molecule has 2 aromatic rings. The molecule has 0 aliphatic rings. The van der Waals surface area contributed by atoms with Crippen LogP contribution in [0.5, 0.6) is 0 Å². The molecule has 1 aromatic heterocycles. The third kappa shape index (κ3) is 3.17. The molecule has 0 aliphatic carbocycles. The maximum Gasteiger partial charge on any atom is 0.326 e. The van der Waals surface area contributed by atoms with Crippen LogP contribution in [0.15, 0.2) is 53.5 Å². The molecule has 1 heterocycles. The molecule has 1 amide bonds. The predicted octanol–water partition coefficient (Wildman–Crippen LogP) is 1.75. The van der Waals surface area contributed by atoms with Gasteiger partial charge in [0.1, 0.15) is 11.7 Å². The fraction of sp³-hybridized carbons (Fsp3) is 0.133. The second-order valence-electron chi connectivity index (χ2n) is 4.47. The first-order valence-corrected chi connectivity index (χ1v) is 6.31. The van der Waals surface area contributed by atoms with Crippen LogP contribution in [0.25, 0.3) is 0 Å². The molecule has 1 unspecified atom stereocenters. The molecule has 0 saturated heterocycles. The van der Waals surface area contributed by atoms with Gasteiger partial charge in [-0.3, -0.25) is 14.2 Å². The molecule has 0 bridgehead atoms. The Bertz CT molecular complexity index is 722. The lowest BCUT2D eigenvalue weighted by molar-refractivity contribution is -0.140. The average molecular weight is 286 g/mol. The summed E-state index contributed by atoms with van der Waals surface area (Å²) in [4.78, 5) is 35.1. The first-order chi connectivity index (χ1) is 10.0. The lowest BCUT2D eigenvalue weighted by Crippen LogP contribution is -2.30. The van der Waals surface area contributed by atoms with E-state index in [1.165, 1.54) is 25.3 Å². The summed E-state index contributed by atoms with van der Waals surface area (Å²) in [5.41, 5.74) is -0.102. The third-order valence-corrected chi connectivity index (χ3v) is 3.03. The third-order valence-electron chi connectivity index (χ3n) is 3.03. The number of nitrogens with one attached hydrogen (secondary N) is 1. The van der Waals surface area contributed by atoms with Crippen molar-refractivity contribution in [3.05, 3.63) is 64.6 Å². The summed E-state index contributed by atoms with van der Waals surface area (Å²) in [5, 5.41) is 11.5. The maximum absolute atomic E-state index is 12.2. The predicted molar refractivity (Wildman–Crippen MR) is 77.4 cm³/mol. The summed E-state index contributed by atoms with van der Waals surface area (Å²) in [6.45, 7) is 1.40. The minimum Gasteiger partial charge on any atom is -0.480 e. The van der Waals surface area contributed by atoms with Gasteiger partial charge in [-0.2, -0.15) is 0 Å². The van der Waals surface area contributed by atoms with Crippen LogP contribution >= 0.6 is 0 Å². The van der Waals surface area contributed by atoms with Crippen molar-refractivity contribution in [1.29, 1.82) is 0 Å². The van der Waals surface area contributed by atoms with Crippen LogP contribution in [-0.2, 0) is 4.79 Å². The topological polar surface area (TPSA) is 88.4 Å². The van der Waals surface area contributed by atoms with Gasteiger partial charge in [-0.1, -0.05) is 18.2 Å². The number of benzene rings is 1. The van der Waals surface area contributed by atoms with E-state index in [1.807, 2.05) is 0 Å². The van der Waals surface area contributed by atoms with Gasteiger partial charge in [0.15, 0.2) is 0 Å². The SMILES string of the molecule is CC(C(=O)O)n1cccc(NC(=O)c2ccccc2)c1=O. The van der Waals surface area contributed by atoms with Gasteiger partial charge in [0, 0.05) is 11.8 Å². The molecule has 0 saturated carbocycles. The van der Waals surface area contributed by atoms with Gasteiger partial charge in [-0.15, -0.1) is 0 Å². The molecule has 0 aliphatic heterocycles. The van der Waals surface area contributed by atoms with Crippen molar-refractivity contribution < 1.29 is 14.7 Å². The second kappa shape index (κ2) is 6.04. The molecule has 6 nitrogen and oxygen atoms in total.